The number of carbonyl (C=O) groups excluding carboxylic acids is 2. The van der Waals surface area contributed by atoms with E-state index in [0.29, 0.717) is 31.9 Å². The van der Waals surface area contributed by atoms with Gasteiger partial charge in [-0.2, -0.15) is 5.10 Å². The summed E-state index contributed by atoms with van der Waals surface area (Å²) in [4.78, 5) is 29.8. The predicted octanol–water partition coefficient (Wildman–Crippen LogP) is 3.50. The fourth-order valence-corrected chi connectivity index (χ4v) is 4.27. The maximum absolute atomic E-state index is 13.0. The number of carbonyl (C=O) groups is 2. The zero-order valence-corrected chi connectivity index (χ0v) is 17.9. The minimum atomic E-state index is -0.287. The standard InChI is InChI=1S/C25H25N5O2/c1-17(24(31)26-20-11-10-18-6-2-3-7-19(18)16-20)29-12-14-30(15-13-29)25(32)23-21-8-4-5-9-22(21)27-28-23/h2-11,16-17H,12-15H2,1H3,(H,26,31)(H,27,28). The lowest BCUT2D eigenvalue weighted by atomic mass is 10.1. The van der Waals surface area contributed by atoms with Gasteiger partial charge in [-0.15, -0.1) is 0 Å². The number of piperazine rings is 1. The minimum Gasteiger partial charge on any atom is -0.335 e. The summed E-state index contributed by atoms with van der Waals surface area (Å²) in [6.45, 7) is 4.32. The second-order valence-electron chi connectivity index (χ2n) is 8.17. The van der Waals surface area contributed by atoms with Crippen molar-refractivity contribution >= 4 is 39.2 Å². The van der Waals surface area contributed by atoms with Crippen LogP contribution in [0.2, 0.25) is 0 Å². The van der Waals surface area contributed by atoms with Crippen LogP contribution in [-0.2, 0) is 4.79 Å². The number of hydrogen-bond acceptors (Lipinski definition) is 4. The Hall–Kier alpha value is -3.71. The Morgan fingerprint density at radius 2 is 1.66 bits per heavy atom. The first-order valence-corrected chi connectivity index (χ1v) is 10.9. The van der Waals surface area contributed by atoms with E-state index in [1.165, 1.54) is 0 Å². The van der Waals surface area contributed by atoms with Gasteiger partial charge in [0.2, 0.25) is 5.91 Å². The molecular weight excluding hydrogens is 402 g/mol. The lowest BCUT2D eigenvalue weighted by molar-refractivity contribution is -0.121. The SMILES string of the molecule is CC(C(=O)Nc1ccc2ccccc2c1)N1CCN(C(=O)c2n[nH]c3ccccc23)CC1. The van der Waals surface area contributed by atoms with Gasteiger partial charge in [-0.1, -0.05) is 48.5 Å². The molecular formula is C25H25N5O2. The summed E-state index contributed by atoms with van der Waals surface area (Å²) in [5.74, 6) is -0.117. The fraction of sp³-hybridized carbons (Fsp3) is 0.240. The van der Waals surface area contributed by atoms with Crippen LogP contribution in [0.3, 0.4) is 0 Å². The number of H-pyrrole nitrogens is 1. The van der Waals surface area contributed by atoms with Crippen LogP contribution >= 0.6 is 0 Å². The minimum absolute atomic E-state index is 0.0432. The molecule has 7 heteroatoms. The maximum Gasteiger partial charge on any atom is 0.275 e. The van der Waals surface area contributed by atoms with Crippen molar-refractivity contribution in [2.45, 2.75) is 13.0 Å². The number of nitrogens with zero attached hydrogens (tertiary/aromatic N) is 3. The molecule has 1 aliphatic heterocycles. The molecule has 1 fully saturated rings. The summed E-state index contributed by atoms with van der Waals surface area (Å²) in [6, 6.07) is 21.4. The largest absolute Gasteiger partial charge is 0.335 e. The normalized spacial score (nSPS) is 15.7. The number of amides is 2. The average molecular weight is 428 g/mol. The second-order valence-corrected chi connectivity index (χ2v) is 8.17. The maximum atomic E-state index is 13.0. The third-order valence-electron chi connectivity index (χ3n) is 6.22. The van der Waals surface area contributed by atoms with Gasteiger partial charge in [-0.05, 0) is 35.9 Å². The van der Waals surface area contributed by atoms with Crippen molar-refractivity contribution in [3.8, 4) is 0 Å². The Morgan fingerprint density at radius 3 is 2.47 bits per heavy atom. The summed E-state index contributed by atoms with van der Waals surface area (Å²) in [6.07, 6.45) is 0. The van der Waals surface area contributed by atoms with Crippen LogP contribution in [0.4, 0.5) is 5.69 Å². The molecule has 2 heterocycles. The molecule has 1 atom stereocenters. The van der Waals surface area contributed by atoms with E-state index < -0.39 is 0 Å². The van der Waals surface area contributed by atoms with Crippen molar-refractivity contribution in [2.75, 3.05) is 31.5 Å². The van der Waals surface area contributed by atoms with Gasteiger partial charge in [0, 0.05) is 37.3 Å². The number of nitrogens with one attached hydrogen (secondary N) is 2. The zero-order chi connectivity index (χ0) is 22.1. The fourth-order valence-electron chi connectivity index (χ4n) is 4.27. The van der Waals surface area contributed by atoms with Crippen LogP contribution in [0.1, 0.15) is 17.4 Å². The van der Waals surface area contributed by atoms with Crippen molar-refractivity contribution in [1.29, 1.82) is 0 Å². The van der Waals surface area contributed by atoms with E-state index in [2.05, 4.69) is 26.5 Å². The molecule has 5 rings (SSSR count). The number of rotatable bonds is 4. The molecule has 0 spiro atoms. The number of anilines is 1. The van der Waals surface area contributed by atoms with Crippen LogP contribution in [0.5, 0.6) is 0 Å². The van der Waals surface area contributed by atoms with Gasteiger partial charge in [0.25, 0.3) is 5.91 Å². The molecule has 2 N–H and O–H groups in total. The number of para-hydroxylation sites is 1. The lowest BCUT2D eigenvalue weighted by Gasteiger charge is -2.37. The number of aromatic nitrogens is 2. The smallest absolute Gasteiger partial charge is 0.275 e. The van der Waals surface area contributed by atoms with E-state index in [1.54, 1.807) is 0 Å². The summed E-state index contributed by atoms with van der Waals surface area (Å²) in [5.41, 5.74) is 2.10. The first kappa shape index (κ1) is 20.2. The molecule has 0 saturated carbocycles. The Kier molecular flexibility index (Phi) is 5.33. The van der Waals surface area contributed by atoms with Crippen LogP contribution in [0.15, 0.2) is 66.7 Å². The molecule has 1 aromatic heterocycles. The predicted molar refractivity (Wildman–Crippen MR) is 126 cm³/mol. The summed E-state index contributed by atoms with van der Waals surface area (Å²) >= 11 is 0. The molecule has 4 aromatic rings. The van der Waals surface area contributed by atoms with Gasteiger partial charge in [0.05, 0.1) is 11.6 Å². The number of hydrogen-bond donors (Lipinski definition) is 2. The van der Waals surface area contributed by atoms with Crippen LogP contribution < -0.4 is 5.32 Å². The molecule has 7 nitrogen and oxygen atoms in total. The van der Waals surface area contributed by atoms with Crippen molar-refractivity contribution in [3.05, 3.63) is 72.4 Å². The summed E-state index contributed by atoms with van der Waals surface area (Å²) < 4.78 is 0. The Labute approximate surface area is 186 Å². The van der Waals surface area contributed by atoms with E-state index in [-0.39, 0.29) is 17.9 Å². The average Bonchev–Trinajstić information content (AvgIpc) is 3.27. The number of aromatic amines is 1. The zero-order valence-electron chi connectivity index (χ0n) is 17.9. The topological polar surface area (TPSA) is 81.3 Å². The molecule has 2 amide bonds. The Morgan fingerprint density at radius 1 is 0.938 bits per heavy atom. The molecule has 32 heavy (non-hydrogen) atoms. The molecule has 1 unspecified atom stereocenters. The van der Waals surface area contributed by atoms with Crippen LogP contribution in [0.25, 0.3) is 21.7 Å². The van der Waals surface area contributed by atoms with Gasteiger partial charge < -0.3 is 10.2 Å². The van der Waals surface area contributed by atoms with Crippen molar-refractivity contribution in [1.82, 2.24) is 20.0 Å². The molecule has 3 aromatic carbocycles. The first-order chi connectivity index (χ1) is 15.6. The first-order valence-electron chi connectivity index (χ1n) is 10.9. The van der Waals surface area contributed by atoms with Gasteiger partial charge in [0.1, 0.15) is 0 Å². The summed E-state index contributed by atoms with van der Waals surface area (Å²) in [7, 11) is 0. The highest BCUT2D eigenvalue weighted by molar-refractivity contribution is 6.04. The third kappa shape index (κ3) is 3.83. The third-order valence-corrected chi connectivity index (χ3v) is 6.22. The Balaban J connectivity index is 1.20. The van der Waals surface area contributed by atoms with E-state index in [1.807, 2.05) is 72.5 Å². The van der Waals surface area contributed by atoms with Crippen LogP contribution in [-0.4, -0.2) is 64.0 Å². The molecule has 1 aliphatic rings. The van der Waals surface area contributed by atoms with E-state index >= 15 is 0 Å². The molecule has 1 saturated heterocycles. The monoisotopic (exact) mass is 427 g/mol. The highest BCUT2D eigenvalue weighted by Crippen LogP contribution is 2.20. The quantitative estimate of drug-likeness (QED) is 0.522. The molecule has 0 bridgehead atoms. The van der Waals surface area contributed by atoms with Gasteiger partial charge >= 0.3 is 0 Å². The van der Waals surface area contributed by atoms with Crippen molar-refractivity contribution in [3.63, 3.8) is 0 Å². The van der Waals surface area contributed by atoms with Gasteiger partial charge in [-0.3, -0.25) is 19.6 Å². The van der Waals surface area contributed by atoms with E-state index in [9.17, 15) is 9.59 Å². The van der Waals surface area contributed by atoms with Gasteiger partial charge in [0.15, 0.2) is 5.69 Å². The van der Waals surface area contributed by atoms with E-state index in [0.717, 1.165) is 27.4 Å². The van der Waals surface area contributed by atoms with Gasteiger partial charge in [-0.25, -0.2) is 0 Å². The number of fused-ring (bicyclic) bond motifs is 2. The van der Waals surface area contributed by atoms with Crippen molar-refractivity contribution in [2.24, 2.45) is 0 Å². The number of benzene rings is 3. The second kappa shape index (κ2) is 8.43. The van der Waals surface area contributed by atoms with Crippen molar-refractivity contribution < 1.29 is 9.59 Å². The Bertz CT molecular complexity index is 1290. The highest BCUT2D eigenvalue weighted by Gasteiger charge is 2.29. The molecule has 0 radical (unpaired) electrons. The van der Waals surface area contributed by atoms with E-state index in [4.69, 9.17) is 0 Å². The lowest BCUT2D eigenvalue weighted by Crippen LogP contribution is -2.54. The summed E-state index contributed by atoms with van der Waals surface area (Å²) in [5, 5.41) is 13.3. The highest BCUT2D eigenvalue weighted by atomic mass is 16.2. The van der Waals surface area contributed by atoms with Crippen LogP contribution in [0, 0.1) is 0 Å². The molecule has 162 valence electrons. The molecule has 0 aliphatic carbocycles.